The standard InChI is InChI=1S/C27H22BrNO3/c28-19-11-9-18(10-12-19)23-17-26(31)29(24-7-4-8-25(30)27(23)24)20-13-15-22(16-14-20)32-21-5-2-1-3-6-21/h1-3,5-6,9-16,23H,4,7-8,17H2. The van der Waals surface area contributed by atoms with Crippen LogP contribution in [0.3, 0.4) is 0 Å². The van der Waals surface area contributed by atoms with Gasteiger partial charge in [-0.05, 0) is 66.9 Å². The third kappa shape index (κ3) is 4.00. The number of allylic oxidation sites excluding steroid dienone is 2. The van der Waals surface area contributed by atoms with Crippen molar-refractivity contribution in [3.63, 3.8) is 0 Å². The summed E-state index contributed by atoms with van der Waals surface area (Å²) in [5.74, 6) is 1.44. The maximum atomic E-state index is 13.3. The lowest BCUT2D eigenvalue weighted by molar-refractivity contribution is -0.119. The number of halogens is 1. The van der Waals surface area contributed by atoms with Crippen molar-refractivity contribution in [2.45, 2.75) is 31.6 Å². The van der Waals surface area contributed by atoms with Crippen molar-refractivity contribution in [3.05, 3.63) is 100 Å². The maximum Gasteiger partial charge on any atom is 0.232 e. The first-order valence-electron chi connectivity index (χ1n) is 10.8. The Morgan fingerprint density at radius 3 is 2.22 bits per heavy atom. The van der Waals surface area contributed by atoms with Crippen molar-refractivity contribution in [1.29, 1.82) is 0 Å². The summed E-state index contributed by atoms with van der Waals surface area (Å²) in [5.41, 5.74) is 3.42. The highest BCUT2D eigenvalue weighted by Gasteiger charge is 2.39. The van der Waals surface area contributed by atoms with Crippen LogP contribution in [0.15, 0.2) is 94.6 Å². The lowest BCUT2D eigenvalue weighted by Crippen LogP contribution is -2.40. The van der Waals surface area contributed by atoms with Crippen LogP contribution >= 0.6 is 15.9 Å². The molecule has 32 heavy (non-hydrogen) atoms. The molecule has 1 heterocycles. The Morgan fingerprint density at radius 2 is 1.50 bits per heavy atom. The van der Waals surface area contributed by atoms with Gasteiger partial charge in [0.1, 0.15) is 11.5 Å². The van der Waals surface area contributed by atoms with E-state index in [2.05, 4.69) is 15.9 Å². The molecule has 3 aromatic carbocycles. The molecule has 0 radical (unpaired) electrons. The number of hydrogen-bond donors (Lipinski definition) is 0. The van der Waals surface area contributed by atoms with E-state index in [1.54, 1.807) is 4.90 Å². The van der Waals surface area contributed by atoms with Crippen LogP contribution in [0.25, 0.3) is 0 Å². The number of Topliss-reactive ketones (excluding diaryl/α,β-unsaturated/α-hetero) is 1. The highest BCUT2D eigenvalue weighted by atomic mass is 79.9. The molecule has 1 amide bonds. The number of rotatable bonds is 4. The molecule has 0 bridgehead atoms. The lowest BCUT2D eigenvalue weighted by atomic mass is 9.77. The quantitative estimate of drug-likeness (QED) is 0.407. The summed E-state index contributed by atoms with van der Waals surface area (Å²) < 4.78 is 6.86. The van der Waals surface area contributed by atoms with Crippen LogP contribution in [0.5, 0.6) is 11.5 Å². The molecule has 5 rings (SSSR count). The lowest BCUT2D eigenvalue weighted by Gasteiger charge is -2.38. The van der Waals surface area contributed by atoms with Gasteiger partial charge in [-0.1, -0.05) is 46.3 Å². The van der Waals surface area contributed by atoms with E-state index in [1.807, 2.05) is 78.9 Å². The van der Waals surface area contributed by atoms with Crippen molar-refractivity contribution in [1.82, 2.24) is 0 Å². The minimum atomic E-state index is -0.185. The second kappa shape index (κ2) is 8.75. The molecule has 5 heteroatoms. The van der Waals surface area contributed by atoms with Gasteiger partial charge in [-0.2, -0.15) is 0 Å². The third-order valence-corrected chi connectivity index (χ3v) is 6.55. The van der Waals surface area contributed by atoms with Crippen LogP contribution in [0.1, 0.15) is 37.2 Å². The predicted molar refractivity (Wildman–Crippen MR) is 128 cm³/mol. The summed E-state index contributed by atoms with van der Waals surface area (Å²) in [5, 5.41) is 0. The molecule has 1 aliphatic carbocycles. The Bertz CT molecular complexity index is 1180. The number of carbonyl (C=O) groups excluding carboxylic acids is 2. The molecular weight excluding hydrogens is 466 g/mol. The monoisotopic (exact) mass is 487 g/mol. The number of carbonyl (C=O) groups is 2. The molecule has 3 aromatic rings. The molecular formula is C27H22BrNO3. The fourth-order valence-electron chi connectivity index (χ4n) is 4.56. The molecule has 0 saturated heterocycles. The number of ether oxygens (including phenoxy) is 1. The zero-order valence-corrected chi connectivity index (χ0v) is 19.0. The van der Waals surface area contributed by atoms with Crippen LogP contribution in [0, 0.1) is 0 Å². The number of benzene rings is 3. The van der Waals surface area contributed by atoms with Gasteiger partial charge in [0.15, 0.2) is 5.78 Å². The van der Waals surface area contributed by atoms with Crippen LogP contribution in [-0.4, -0.2) is 11.7 Å². The minimum Gasteiger partial charge on any atom is -0.457 e. The predicted octanol–water partition coefficient (Wildman–Crippen LogP) is 6.77. The SMILES string of the molecule is O=C1CCCC2=C1C(c1ccc(Br)cc1)CC(=O)N2c1ccc(Oc2ccccc2)cc1. The van der Waals surface area contributed by atoms with E-state index < -0.39 is 0 Å². The Balaban J connectivity index is 1.49. The van der Waals surface area contributed by atoms with Crippen molar-refractivity contribution >= 4 is 33.3 Å². The van der Waals surface area contributed by atoms with E-state index in [0.717, 1.165) is 45.6 Å². The molecule has 160 valence electrons. The number of ketones is 1. The topological polar surface area (TPSA) is 46.6 Å². The Labute approximate surface area is 195 Å². The first kappa shape index (κ1) is 20.7. The van der Waals surface area contributed by atoms with Crippen LogP contribution in [0.2, 0.25) is 0 Å². The summed E-state index contributed by atoms with van der Waals surface area (Å²) in [6.45, 7) is 0. The molecule has 4 nitrogen and oxygen atoms in total. The van der Waals surface area contributed by atoms with Crippen molar-refractivity contribution < 1.29 is 14.3 Å². The zero-order chi connectivity index (χ0) is 22.1. The molecule has 0 spiro atoms. The highest BCUT2D eigenvalue weighted by Crippen LogP contribution is 2.43. The van der Waals surface area contributed by atoms with Gasteiger partial charge in [0.05, 0.1) is 0 Å². The number of nitrogens with zero attached hydrogens (tertiary/aromatic N) is 1. The van der Waals surface area contributed by atoms with Crippen molar-refractivity contribution in [3.8, 4) is 11.5 Å². The third-order valence-electron chi connectivity index (χ3n) is 6.02. The van der Waals surface area contributed by atoms with E-state index >= 15 is 0 Å². The smallest absolute Gasteiger partial charge is 0.232 e. The van der Waals surface area contributed by atoms with Gasteiger partial charge in [-0.15, -0.1) is 0 Å². The average Bonchev–Trinajstić information content (AvgIpc) is 2.81. The van der Waals surface area contributed by atoms with Crippen LogP contribution in [0.4, 0.5) is 5.69 Å². The molecule has 0 aromatic heterocycles. The Morgan fingerprint density at radius 1 is 0.812 bits per heavy atom. The molecule has 1 unspecified atom stereocenters. The minimum absolute atomic E-state index is 0.0168. The molecule has 2 aliphatic rings. The van der Waals surface area contributed by atoms with Gasteiger partial charge in [0.25, 0.3) is 0 Å². The second-order valence-corrected chi connectivity index (χ2v) is 9.00. The van der Waals surface area contributed by atoms with E-state index in [4.69, 9.17) is 4.74 Å². The largest absolute Gasteiger partial charge is 0.457 e. The summed E-state index contributed by atoms with van der Waals surface area (Å²) in [4.78, 5) is 28.1. The van der Waals surface area contributed by atoms with Gasteiger partial charge in [0.2, 0.25) is 5.91 Å². The first-order valence-corrected chi connectivity index (χ1v) is 11.6. The van der Waals surface area contributed by atoms with E-state index in [0.29, 0.717) is 12.2 Å². The molecule has 0 N–H and O–H groups in total. The fourth-order valence-corrected chi connectivity index (χ4v) is 4.82. The molecule has 1 aliphatic heterocycles. The summed E-state index contributed by atoms with van der Waals surface area (Å²) in [6, 6.07) is 25.0. The summed E-state index contributed by atoms with van der Waals surface area (Å²) in [6.07, 6.45) is 2.32. The average molecular weight is 488 g/mol. The number of hydrogen-bond acceptors (Lipinski definition) is 3. The van der Waals surface area contributed by atoms with Gasteiger partial charge >= 0.3 is 0 Å². The number of anilines is 1. The maximum absolute atomic E-state index is 13.3. The number of para-hydroxylation sites is 1. The van der Waals surface area contributed by atoms with E-state index in [1.165, 1.54) is 0 Å². The number of amides is 1. The second-order valence-electron chi connectivity index (χ2n) is 8.08. The van der Waals surface area contributed by atoms with Gasteiger partial charge in [-0.25, -0.2) is 0 Å². The molecule has 1 atom stereocenters. The summed E-state index contributed by atoms with van der Waals surface area (Å²) >= 11 is 3.46. The van der Waals surface area contributed by atoms with Gasteiger partial charge in [0, 0.05) is 40.2 Å². The van der Waals surface area contributed by atoms with Gasteiger partial charge < -0.3 is 4.74 Å². The molecule has 0 saturated carbocycles. The van der Waals surface area contributed by atoms with Gasteiger partial charge in [-0.3, -0.25) is 14.5 Å². The Kier molecular flexibility index (Phi) is 5.66. The fraction of sp³-hybridized carbons (Fsp3) is 0.185. The first-order chi connectivity index (χ1) is 15.6. The Hall–Kier alpha value is -3.18. The van der Waals surface area contributed by atoms with Crippen molar-refractivity contribution in [2.75, 3.05) is 4.90 Å². The van der Waals surface area contributed by atoms with E-state index in [9.17, 15) is 9.59 Å². The summed E-state index contributed by atoms with van der Waals surface area (Å²) in [7, 11) is 0. The molecule has 0 fully saturated rings. The van der Waals surface area contributed by atoms with E-state index in [-0.39, 0.29) is 24.0 Å². The van der Waals surface area contributed by atoms with Crippen LogP contribution < -0.4 is 9.64 Å². The normalized spacial score (nSPS) is 18.5. The van der Waals surface area contributed by atoms with Crippen molar-refractivity contribution in [2.24, 2.45) is 0 Å². The highest BCUT2D eigenvalue weighted by molar-refractivity contribution is 9.10. The van der Waals surface area contributed by atoms with Crippen LogP contribution in [-0.2, 0) is 9.59 Å². The zero-order valence-electron chi connectivity index (χ0n) is 17.5.